The van der Waals surface area contributed by atoms with E-state index >= 15 is 0 Å². The number of sulfonamides is 1. The van der Waals surface area contributed by atoms with Crippen LogP contribution in [-0.4, -0.2) is 26.7 Å². The van der Waals surface area contributed by atoms with Crippen molar-refractivity contribution in [2.45, 2.75) is 49.8 Å². The molecule has 0 saturated heterocycles. The topological polar surface area (TPSA) is 87.6 Å². The van der Waals surface area contributed by atoms with Crippen LogP contribution in [0.25, 0.3) is 0 Å². The van der Waals surface area contributed by atoms with Gasteiger partial charge >= 0.3 is 0 Å². The second-order valence-corrected chi connectivity index (χ2v) is 8.10. The van der Waals surface area contributed by atoms with E-state index in [9.17, 15) is 13.2 Å². The fourth-order valence-corrected chi connectivity index (χ4v) is 4.23. The minimum atomic E-state index is -3.68. The summed E-state index contributed by atoms with van der Waals surface area (Å²) in [5, 5.41) is 2.76. The van der Waals surface area contributed by atoms with Gasteiger partial charge < -0.3 is 5.32 Å². The number of rotatable bonds is 4. The van der Waals surface area contributed by atoms with Crippen LogP contribution in [0.1, 0.15) is 44.9 Å². The number of carbonyl (C=O) groups excluding carboxylic acids is 1. The van der Waals surface area contributed by atoms with E-state index in [2.05, 4.69) is 15.0 Å². The number of amides is 1. The number of allylic oxidation sites excluding steroid dienone is 1. The first-order chi connectivity index (χ1) is 12.0. The van der Waals surface area contributed by atoms with Crippen molar-refractivity contribution >= 4 is 27.5 Å². The lowest BCUT2D eigenvalue weighted by Gasteiger charge is -2.13. The lowest BCUT2D eigenvalue weighted by molar-refractivity contribution is -0.112. The molecule has 2 N–H and O–H groups in total. The highest BCUT2D eigenvalue weighted by Crippen LogP contribution is 2.23. The smallest absolute Gasteiger partial charge is 0.262 e. The number of amidine groups is 1. The molecular weight excluding hydrogens is 338 g/mol. The standard InChI is InChI=1S/C18H23N3O3S/c22-18(12-14-6-2-1-3-7-14)20-15-8-4-9-16(13-15)25(23,24)21-17-10-5-11-19-17/h4,8-9,12-13H,1-3,5-7,10-11H2,(H,19,21)(H,20,22). The zero-order valence-electron chi connectivity index (χ0n) is 14.1. The summed E-state index contributed by atoms with van der Waals surface area (Å²) in [5.74, 6) is 0.288. The number of hydrogen-bond acceptors (Lipinski definition) is 4. The van der Waals surface area contributed by atoms with Crippen LogP contribution in [0.2, 0.25) is 0 Å². The third-order valence-electron chi connectivity index (χ3n) is 4.37. The normalized spacial score (nSPS) is 17.8. The van der Waals surface area contributed by atoms with Crippen LogP contribution in [-0.2, 0) is 14.8 Å². The Morgan fingerprint density at radius 2 is 1.88 bits per heavy atom. The maximum atomic E-state index is 12.4. The van der Waals surface area contributed by atoms with Gasteiger partial charge in [-0.2, -0.15) is 0 Å². The largest absolute Gasteiger partial charge is 0.322 e. The Balaban J connectivity index is 1.69. The van der Waals surface area contributed by atoms with Crippen LogP contribution >= 0.6 is 0 Å². The Hall–Kier alpha value is -2.15. The molecule has 2 aliphatic rings. The van der Waals surface area contributed by atoms with E-state index in [4.69, 9.17) is 0 Å². The van der Waals surface area contributed by atoms with E-state index in [-0.39, 0.29) is 10.8 Å². The zero-order valence-corrected chi connectivity index (χ0v) is 14.9. The minimum Gasteiger partial charge on any atom is -0.322 e. The molecule has 1 fully saturated rings. The number of aliphatic imine (C=N–C) groups is 1. The maximum Gasteiger partial charge on any atom is 0.262 e. The monoisotopic (exact) mass is 361 g/mol. The molecule has 1 amide bonds. The highest BCUT2D eigenvalue weighted by Gasteiger charge is 2.18. The van der Waals surface area contributed by atoms with Gasteiger partial charge in [0.1, 0.15) is 5.84 Å². The van der Waals surface area contributed by atoms with Gasteiger partial charge in [0.2, 0.25) is 5.91 Å². The summed E-state index contributed by atoms with van der Waals surface area (Å²) in [6.07, 6.45) is 8.56. The molecule has 1 aliphatic heterocycles. The van der Waals surface area contributed by atoms with Gasteiger partial charge in [-0.3, -0.25) is 14.5 Å². The number of hydrogen-bond donors (Lipinski definition) is 2. The fourth-order valence-electron chi connectivity index (χ4n) is 3.09. The molecule has 1 heterocycles. The summed E-state index contributed by atoms with van der Waals surface area (Å²) in [5.41, 5.74) is 1.63. The molecule has 1 aromatic carbocycles. The zero-order chi connectivity index (χ0) is 17.7. The average Bonchev–Trinajstić information content (AvgIpc) is 3.08. The first-order valence-electron chi connectivity index (χ1n) is 8.69. The Labute approximate surface area is 148 Å². The highest BCUT2D eigenvalue weighted by atomic mass is 32.2. The number of carbonyl (C=O) groups is 1. The maximum absolute atomic E-state index is 12.4. The molecule has 0 bridgehead atoms. The first kappa shape index (κ1) is 17.7. The molecule has 6 nitrogen and oxygen atoms in total. The molecule has 1 saturated carbocycles. The quantitative estimate of drug-likeness (QED) is 0.808. The van der Waals surface area contributed by atoms with Crippen molar-refractivity contribution in [2.24, 2.45) is 4.99 Å². The van der Waals surface area contributed by atoms with Gasteiger partial charge in [0.25, 0.3) is 10.0 Å². The molecule has 1 aromatic rings. The van der Waals surface area contributed by atoms with Crippen LogP contribution in [0.15, 0.2) is 45.8 Å². The molecule has 0 aromatic heterocycles. The van der Waals surface area contributed by atoms with Crippen LogP contribution in [0.5, 0.6) is 0 Å². The van der Waals surface area contributed by atoms with Gasteiger partial charge in [0.15, 0.2) is 0 Å². The predicted molar refractivity (Wildman–Crippen MR) is 98.1 cm³/mol. The molecule has 134 valence electrons. The molecule has 3 rings (SSSR count). The molecule has 1 aliphatic carbocycles. The SMILES string of the molecule is O=C(C=C1CCCCC1)Nc1cccc(S(=O)(=O)NC2=NCCC2)c1. The van der Waals surface area contributed by atoms with Crippen molar-refractivity contribution in [3.05, 3.63) is 35.9 Å². The van der Waals surface area contributed by atoms with Crippen molar-refractivity contribution in [1.29, 1.82) is 0 Å². The Morgan fingerprint density at radius 1 is 1.08 bits per heavy atom. The summed E-state index contributed by atoms with van der Waals surface area (Å²) in [7, 11) is -3.68. The number of nitrogens with one attached hydrogen (secondary N) is 2. The van der Waals surface area contributed by atoms with Crippen molar-refractivity contribution in [2.75, 3.05) is 11.9 Å². The second kappa shape index (κ2) is 7.82. The molecule has 7 heteroatoms. The summed E-state index contributed by atoms with van der Waals surface area (Å²) in [6.45, 7) is 0.655. The molecule has 0 radical (unpaired) electrons. The summed E-state index contributed by atoms with van der Waals surface area (Å²) < 4.78 is 27.4. The van der Waals surface area contributed by atoms with E-state index in [1.807, 2.05) is 0 Å². The first-order valence-corrected chi connectivity index (χ1v) is 10.2. The van der Waals surface area contributed by atoms with Gasteiger partial charge in [-0.25, -0.2) is 8.42 Å². The summed E-state index contributed by atoms with van der Waals surface area (Å²) >= 11 is 0. The van der Waals surface area contributed by atoms with Crippen LogP contribution in [0, 0.1) is 0 Å². The van der Waals surface area contributed by atoms with E-state index in [1.54, 1.807) is 18.2 Å². The van der Waals surface area contributed by atoms with Crippen molar-refractivity contribution in [3.8, 4) is 0 Å². The molecule has 0 unspecified atom stereocenters. The van der Waals surface area contributed by atoms with Gasteiger partial charge in [0.05, 0.1) is 4.90 Å². The molecular formula is C18H23N3O3S. The lowest BCUT2D eigenvalue weighted by Crippen LogP contribution is -2.29. The van der Waals surface area contributed by atoms with Crippen molar-refractivity contribution in [1.82, 2.24) is 4.72 Å². The lowest BCUT2D eigenvalue weighted by atomic mass is 9.94. The third kappa shape index (κ3) is 4.92. The number of benzene rings is 1. The Bertz CT molecular complexity index is 805. The minimum absolute atomic E-state index is 0.116. The molecule has 0 spiro atoms. The van der Waals surface area contributed by atoms with Gasteiger partial charge in [0, 0.05) is 24.7 Å². The highest BCUT2D eigenvalue weighted by molar-refractivity contribution is 7.90. The van der Waals surface area contributed by atoms with Crippen molar-refractivity contribution < 1.29 is 13.2 Å². The van der Waals surface area contributed by atoms with Gasteiger partial charge in [-0.1, -0.05) is 18.1 Å². The molecule has 25 heavy (non-hydrogen) atoms. The average molecular weight is 361 g/mol. The van der Waals surface area contributed by atoms with Gasteiger partial charge in [-0.05, 0) is 50.3 Å². The Morgan fingerprint density at radius 3 is 2.60 bits per heavy atom. The van der Waals surface area contributed by atoms with Crippen LogP contribution < -0.4 is 10.0 Å². The number of nitrogens with zero attached hydrogens (tertiary/aromatic N) is 1. The van der Waals surface area contributed by atoms with E-state index in [0.717, 1.165) is 37.7 Å². The Kier molecular flexibility index (Phi) is 5.53. The van der Waals surface area contributed by atoms with Crippen molar-refractivity contribution in [3.63, 3.8) is 0 Å². The van der Waals surface area contributed by atoms with Gasteiger partial charge in [-0.15, -0.1) is 0 Å². The third-order valence-corrected chi connectivity index (χ3v) is 5.75. The number of anilines is 1. The second-order valence-electron chi connectivity index (χ2n) is 6.42. The summed E-state index contributed by atoms with van der Waals surface area (Å²) in [6, 6.07) is 6.28. The van der Waals surface area contributed by atoms with E-state index in [0.29, 0.717) is 24.5 Å². The van der Waals surface area contributed by atoms with E-state index < -0.39 is 10.0 Å². The predicted octanol–water partition coefficient (Wildman–Crippen LogP) is 2.99. The van der Waals surface area contributed by atoms with E-state index in [1.165, 1.54) is 18.6 Å². The fraction of sp³-hybridized carbons (Fsp3) is 0.444. The summed E-state index contributed by atoms with van der Waals surface area (Å²) in [4.78, 5) is 16.4. The van der Waals surface area contributed by atoms with Crippen LogP contribution in [0.4, 0.5) is 5.69 Å². The van der Waals surface area contributed by atoms with Crippen LogP contribution in [0.3, 0.4) is 0 Å². The molecule has 0 atom stereocenters.